The van der Waals surface area contributed by atoms with Crippen LogP contribution in [-0.4, -0.2) is 92.5 Å². The van der Waals surface area contributed by atoms with Gasteiger partial charge in [0.1, 0.15) is 23.3 Å². The fourth-order valence-corrected chi connectivity index (χ4v) is 5.55. The van der Waals surface area contributed by atoms with E-state index in [-0.39, 0.29) is 30.4 Å². The highest BCUT2D eigenvalue weighted by atomic mass is 16.5. The Morgan fingerprint density at radius 1 is 0.923 bits per heavy atom. The normalized spacial score (nSPS) is 22.1. The lowest BCUT2D eigenvalue weighted by Gasteiger charge is -2.44. The van der Waals surface area contributed by atoms with Gasteiger partial charge in [-0.05, 0) is 61.4 Å². The van der Waals surface area contributed by atoms with E-state index in [4.69, 9.17) is 18.9 Å². The molecule has 3 heterocycles. The molecule has 10 nitrogen and oxygen atoms in total. The number of piperidine rings is 1. The summed E-state index contributed by atoms with van der Waals surface area (Å²) in [7, 11) is 3.15. The Morgan fingerprint density at radius 3 is 2.05 bits per heavy atom. The van der Waals surface area contributed by atoms with Crippen LogP contribution in [0.1, 0.15) is 46.4 Å². The van der Waals surface area contributed by atoms with Crippen LogP contribution in [0.3, 0.4) is 0 Å². The number of hydrogen-bond donors (Lipinski definition) is 1. The Balaban J connectivity index is 1.33. The molecule has 2 atom stereocenters. The van der Waals surface area contributed by atoms with E-state index in [1.165, 1.54) is 0 Å². The first-order chi connectivity index (χ1) is 18.9. The number of methoxy groups -OCH3 is 2. The number of carbonyl (C=O) groups excluding carboxylic acids is 3. The average molecular weight is 538 g/mol. The van der Waals surface area contributed by atoms with E-state index < -0.39 is 11.8 Å². The van der Waals surface area contributed by atoms with E-state index in [1.54, 1.807) is 72.6 Å². The fraction of sp³-hybridized carbons (Fsp3) is 0.483. The van der Waals surface area contributed by atoms with Gasteiger partial charge in [0.25, 0.3) is 11.8 Å². The van der Waals surface area contributed by atoms with Crippen LogP contribution in [0.2, 0.25) is 0 Å². The third-order valence-corrected chi connectivity index (χ3v) is 7.82. The zero-order valence-electron chi connectivity index (χ0n) is 22.4. The topological polar surface area (TPSA) is 107 Å². The first kappa shape index (κ1) is 27.0. The van der Waals surface area contributed by atoms with Gasteiger partial charge >= 0.3 is 0 Å². The molecule has 10 heteroatoms. The number of rotatable bonds is 7. The molecule has 3 aliphatic heterocycles. The Bertz CT molecular complexity index is 1170. The molecule has 2 aromatic carbocycles. The number of amides is 3. The highest BCUT2D eigenvalue weighted by Crippen LogP contribution is 2.39. The van der Waals surface area contributed by atoms with E-state index in [1.807, 2.05) is 0 Å². The number of carbonyl (C=O) groups is 3. The summed E-state index contributed by atoms with van der Waals surface area (Å²) in [6, 6.07) is 13.0. The van der Waals surface area contributed by atoms with Crippen molar-refractivity contribution in [2.24, 2.45) is 0 Å². The predicted molar refractivity (Wildman–Crippen MR) is 142 cm³/mol. The molecule has 3 amide bonds. The summed E-state index contributed by atoms with van der Waals surface area (Å²) in [6.45, 7) is 1.97. The van der Waals surface area contributed by atoms with Crippen LogP contribution in [-0.2, 0) is 14.3 Å². The van der Waals surface area contributed by atoms with Crippen molar-refractivity contribution >= 4 is 17.7 Å². The van der Waals surface area contributed by atoms with Gasteiger partial charge in [-0.1, -0.05) is 0 Å². The van der Waals surface area contributed by atoms with Gasteiger partial charge in [-0.2, -0.15) is 0 Å². The van der Waals surface area contributed by atoms with E-state index in [2.05, 4.69) is 5.32 Å². The van der Waals surface area contributed by atoms with Gasteiger partial charge in [0.2, 0.25) is 5.91 Å². The number of hydrogen-bond acceptors (Lipinski definition) is 7. The van der Waals surface area contributed by atoms with Gasteiger partial charge in [-0.3, -0.25) is 19.3 Å². The summed E-state index contributed by atoms with van der Waals surface area (Å²) in [4.78, 5) is 43.8. The van der Waals surface area contributed by atoms with Gasteiger partial charge in [0.15, 0.2) is 0 Å². The van der Waals surface area contributed by atoms with Crippen LogP contribution in [0.4, 0.5) is 0 Å². The average Bonchev–Trinajstić information content (AvgIpc) is 3.64. The third-order valence-electron chi connectivity index (χ3n) is 7.82. The van der Waals surface area contributed by atoms with Crippen molar-refractivity contribution in [1.29, 1.82) is 0 Å². The molecule has 0 saturated carbocycles. The Hall–Kier alpha value is -3.63. The second kappa shape index (κ2) is 11.6. The minimum absolute atomic E-state index is 0.0109. The van der Waals surface area contributed by atoms with Gasteiger partial charge in [0.05, 0.1) is 26.9 Å². The van der Waals surface area contributed by atoms with Gasteiger partial charge < -0.3 is 29.2 Å². The minimum atomic E-state index is -0.987. The first-order valence-electron chi connectivity index (χ1n) is 13.4. The lowest BCUT2D eigenvalue weighted by Crippen LogP contribution is -2.60. The largest absolute Gasteiger partial charge is 0.497 e. The zero-order valence-corrected chi connectivity index (χ0v) is 22.4. The van der Waals surface area contributed by atoms with Crippen LogP contribution in [0.5, 0.6) is 11.5 Å². The quantitative estimate of drug-likeness (QED) is 0.578. The van der Waals surface area contributed by atoms with E-state index in [9.17, 15) is 14.4 Å². The monoisotopic (exact) mass is 537 g/mol. The number of benzene rings is 2. The van der Waals surface area contributed by atoms with Gasteiger partial charge in [-0.25, -0.2) is 0 Å². The molecule has 0 unspecified atom stereocenters. The molecule has 5 rings (SSSR count). The summed E-state index contributed by atoms with van der Waals surface area (Å²) < 4.78 is 22.4. The summed E-state index contributed by atoms with van der Waals surface area (Å²) in [6.07, 6.45) is 2.66. The van der Waals surface area contributed by atoms with Crippen molar-refractivity contribution in [3.8, 4) is 11.5 Å². The van der Waals surface area contributed by atoms with Gasteiger partial charge in [0, 0.05) is 50.2 Å². The Kier molecular flexibility index (Phi) is 8.04. The number of nitrogens with one attached hydrogen (secondary N) is 1. The van der Waals surface area contributed by atoms with Crippen LogP contribution >= 0.6 is 0 Å². The first-order valence-corrected chi connectivity index (χ1v) is 13.4. The van der Waals surface area contributed by atoms with Crippen LogP contribution in [0, 0.1) is 0 Å². The summed E-state index contributed by atoms with van der Waals surface area (Å²) in [5.41, 5.74) is 0.0190. The zero-order chi connectivity index (χ0) is 27.4. The van der Waals surface area contributed by atoms with E-state index >= 15 is 0 Å². The fourth-order valence-electron chi connectivity index (χ4n) is 5.55. The molecule has 208 valence electrons. The Labute approximate surface area is 228 Å². The molecule has 2 aromatic rings. The second-order valence-electron chi connectivity index (χ2n) is 10.1. The molecular weight excluding hydrogens is 502 g/mol. The maximum atomic E-state index is 13.9. The summed E-state index contributed by atoms with van der Waals surface area (Å²) in [5, 5.41) is 2.97. The van der Waals surface area contributed by atoms with Crippen molar-refractivity contribution < 1.29 is 33.3 Å². The van der Waals surface area contributed by atoms with E-state index in [0.717, 1.165) is 12.8 Å². The van der Waals surface area contributed by atoms with Crippen LogP contribution in [0.15, 0.2) is 48.5 Å². The standard InChI is InChI=1S/C29H35N3O7/c1-36-22-9-5-20(6-10-22)27(34)31-15-13-29(14-16-31)32(28(35)21-7-11-23(37-2)12-8-21)25(19-39-29)26(33)30-18-24-4-3-17-38-24/h5-12,24-25H,3-4,13-19H2,1-2H3,(H,30,33)/t24-,25+/m0/s1. The molecule has 1 spiro atoms. The molecular formula is C29H35N3O7. The smallest absolute Gasteiger partial charge is 0.256 e. The molecule has 3 fully saturated rings. The molecule has 1 N–H and O–H groups in total. The number of likely N-dealkylation sites (tertiary alicyclic amines) is 1. The predicted octanol–water partition coefficient (Wildman–Crippen LogP) is 2.47. The molecule has 3 aliphatic rings. The second-order valence-corrected chi connectivity index (χ2v) is 10.1. The lowest BCUT2D eigenvalue weighted by molar-refractivity contribution is -0.128. The molecule has 0 radical (unpaired) electrons. The van der Waals surface area contributed by atoms with Crippen molar-refractivity contribution in [2.75, 3.05) is 47.1 Å². The van der Waals surface area contributed by atoms with Crippen molar-refractivity contribution in [2.45, 2.75) is 43.6 Å². The molecule has 39 heavy (non-hydrogen) atoms. The maximum Gasteiger partial charge on any atom is 0.256 e. The molecule has 0 aromatic heterocycles. The van der Waals surface area contributed by atoms with Crippen LogP contribution < -0.4 is 14.8 Å². The number of ether oxygens (including phenoxy) is 4. The Morgan fingerprint density at radius 2 is 1.51 bits per heavy atom. The maximum absolute atomic E-state index is 13.9. The summed E-state index contributed by atoms with van der Waals surface area (Å²) in [5.74, 6) is 0.669. The van der Waals surface area contributed by atoms with Gasteiger partial charge in [-0.15, -0.1) is 0 Å². The van der Waals surface area contributed by atoms with E-state index in [0.29, 0.717) is 61.7 Å². The molecule has 0 aliphatic carbocycles. The third kappa shape index (κ3) is 5.58. The van der Waals surface area contributed by atoms with Crippen molar-refractivity contribution in [3.05, 3.63) is 59.7 Å². The highest BCUT2D eigenvalue weighted by Gasteiger charge is 2.54. The summed E-state index contributed by atoms with van der Waals surface area (Å²) >= 11 is 0. The van der Waals surface area contributed by atoms with Crippen LogP contribution in [0.25, 0.3) is 0 Å². The van der Waals surface area contributed by atoms with Crippen molar-refractivity contribution in [1.82, 2.24) is 15.1 Å². The number of nitrogens with zero attached hydrogens (tertiary/aromatic N) is 2. The lowest BCUT2D eigenvalue weighted by atomic mass is 9.96. The van der Waals surface area contributed by atoms with Crippen molar-refractivity contribution in [3.63, 3.8) is 0 Å². The minimum Gasteiger partial charge on any atom is -0.497 e. The molecule has 3 saturated heterocycles. The highest BCUT2D eigenvalue weighted by molar-refractivity contribution is 5.99. The molecule has 0 bridgehead atoms. The SMILES string of the molecule is COc1ccc(C(=O)N2CCC3(CC2)OC[C@H](C(=O)NC[C@@H]2CCCO2)N3C(=O)c2ccc(OC)cc2)cc1.